The molecule has 6 nitrogen and oxygen atoms in total. The maximum absolute atomic E-state index is 13.2. The van der Waals surface area contributed by atoms with Crippen LogP contribution in [-0.4, -0.2) is 47.4 Å². The van der Waals surface area contributed by atoms with Crippen LogP contribution in [-0.2, 0) is 19.1 Å². The molecule has 2 saturated carbocycles. The van der Waals surface area contributed by atoms with Crippen molar-refractivity contribution in [2.45, 2.75) is 64.2 Å². The van der Waals surface area contributed by atoms with E-state index in [-0.39, 0.29) is 35.7 Å². The van der Waals surface area contributed by atoms with Gasteiger partial charge < -0.3 is 19.9 Å². The topological polar surface area (TPSA) is 84.9 Å². The molecule has 2 heterocycles. The summed E-state index contributed by atoms with van der Waals surface area (Å²) in [6, 6.07) is 9.46. The van der Waals surface area contributed by atoms with Crippen LogP contribution in [0.3, 0.4) is 0 Å². The number of hydrogen-bond acceptors (Lipinski definition) is 5. The Kier molecular flexibility index (Phi) is 6.70. The largest absolute Gasteiger partial charge is 0.453 e. The molecule has 6 heteroatoms. The van der Waals surface area contributed by atoms with Gasteiger partial charge in [0, 0.05) is 17.9 Å². The van der Waals surface area contributed by atoms with Crippen molar-refractivity contribution in [3.05, 3.63) is 42.0 Å². The number of esters is 1. The van der Waals surface area contributed by atoms with Crippen LogP contribution in [0, 0.1) is 29.6 Å². The van der Waals surface area contributed by atoms with Gasteiger partial charge in [0.1, 0.15) is 12.2 Å². The number of hydrogen-bond donors (Lipinski definition) is 2. The Hall–Kier alpha value is -2.18. The first-order valence-electron chi connectivity index (χ1n) is 12.2. The molecule has 2 bridgehead atoms. The molecule has 1 aromatic carbocycles. The highest BCUT2D eigenvalue weighted by atomic mass is 16.6. The molecule has 7 unspecified atom stereocenters. The summed E-state index contributed by atoms with van der Waals surface area (Å²) in [7, 11) is 0. The van der Waals surface area contributed by atoms with Crippen LogP contribution in [0.4, 0.5) is 0 Å². The second kappa shape index (κ2) is 9.22. The molecule has 1 aromatic rings. The van der Waals surface area contributed by atoms with Crippen molar-refractivity contribution < 1.29 is 24.2 Å². The van der Waals surface area contributed by atoms with E-state index in [1.807, 2.05) is 30.3 Å². The Morgan fingerprint density at radius 1 is 1.27 bits per heavy atom. The number of ether oxygens (including phenoxy) is 2. The zero-order chi connectivity index (χ0) is 23.8. The van der Waals surface area contributed by atoms with Gasteiger partial charge in [-0.25, -0.2) is 4.79 Å². The predicted molar refractivity (Wildman–Crippen MR) is 126 cm³/mol. The minimum atomic E-state index is -0.745. The summed E-state index contributed by atoms with van der Waals surface area (Å²) in [4.78, 5) is 25.4. The van der Waals surface area contributed by atoms with E-state index in [1.54, 1.807) is 6.08 Å². The maximum Gasteiger partial charge on any atom is 0.331 e. The smallest absolute Gasteiger partial charge is 0.331 e. The maximum atomic E-state index is 13.2. The summed E-state index contributed by atoms with van der Waals surface area (Å²) in [6.07, 6.45) is 5.96. The average Bonchev–Trinajstić information content (AvgIpc) is 3.13. The van der Waals surface area contributed by atoms with Crippen LogP contribution in [0.15, 0.2) is 36.4 Å². The molecule has 2 N–H and O–H groups in total. The number of fused-ring (bicyclic) bond motifs is 3. The molecule has 2 aliphatic heterocycles. The first-order valence-corrected chi connectivity index (χ1v) is 12.2. The summed E-state index contributed by atoms with van der Waals surface area (Å²) in [5.74, 6) is 0.214. The van der Waals surface area contributed by atoms with Gasteiger partial charge >= 0.3 is 5.97 Å². The van der Waals surface area contributed by atoms with Gasteiger partial charge in [0.05, 0.1) is 18.2 Å². The first kappa shape index (κ1) is 24.0. The summed E-state index contributed by atoms with van der Waals surface area (Å²) < 4.78 is 13.0. The number of amides is 1. The molecule has 4 aliphatic rings. The molecule has 0 aromatic heterocycles. The van der Waals surface area contributed by atoms with E-state index in [1.165, 1.54) is 6.08 Å². The summed E-state index contributed by atoms with van der Waals surface area (Å²) in [5, 5.41) is 12.4. The third-order valence-corrected chi connectivity index (χ3v) is 8.48. The fraction of sp³-hybridized carbons (Fsp3) is 0.630. The molecule has 0 radical (unpaired) electrons. The quantitative estimate of drug-likeness (QED) is 0.506. The highest BCUT2D eigenvalue weighted by Gasteiger charge is 2.68. The lowest BCUT2D eigenvalue weighted by Crippen LogP contribution is -2.64. The monoisotopic (exact) mass is 455 g/mol. The van der Waals surface area contributed by atoms with Crippen molar-refractivity contribution in [1.82, 2.24) is 5.32 Å². The van der Waals surface area contributed by atoms with Crippen LogP contribution in [0.1, 0.15) is 52.5 Å². The number of benzene rings is 1. The van der Waals surface area contributed by atoms with Crippen molar-refractivity contribution in [3.63, 3.8) is 0 Å². The fourth-order valence-corrected chi connectivity index (χ4v) is 6.94. The number of rotatable bonds is 6. The zero-order valence-corrected chi connectivity index (χ0v) is 20.1. The summed E-state index contributed by atoms with van der Waals surface area (Å²) in [6.45, 7) is 8.43. The Balaban J connectivity index is 1.71. The summed E-state index contributed by atoms with van der Waals surface area (Å²) in [5.41, 5.74) is -0.357. The van der Waals surface area contributed by atoms with Crippen LogP contribution in [0.2, 0.25) is 0 Å². The lowest BCUT2D eigenvalue weighted by molar-refractivity contribution is -0.243. The van der Waals surface area contributed by atoms with E-state index in [4.69, 9.17) is 9.47 Å². The molecule has 0 spiro atoms. The predicted octanol–water partition coefficient (Wildman–Crippen LogP) is 3.59. The Bertz CT molecular complexity index is 899. The van der Waals surface area contributed by atoms with Crippen molar-refractivity contribution >= 4 is 18.0 Å². The van der Waals surface area contributed by atoms with Crippen molar-refractivity contribution in [3.8, 4) is 0 Å². The third-order valence-electron chi connectivity index (χ3n) is 8.48. The minimum absolute atomic E-state index is 0.0212. The van der Waals surface area contributed by atoms with E-state index >= 15 is 0 Å². The van der Waals surface area contributed by atoms with Gasteiger partial charge in [-0.3, -0.25) is 4.79 Å². The van der Waals surface area contributed by atoms with E-state index in [2.05, 4.69) is 33.0 Å². The van der Waals surface area contributed by atoms with Crippen molar-refractivity contribution in [1.29, 1.82) is 0 Å². The highest BCUT2D eigenvalue weighted by molar-refractivity contribution is 5.87. The molecular weight excluding hydrogens is 418 g/mol. The Labute approximate surface area is 196 Å². The van der Waals surface area contributed by atoms with Gasteiger partial charge in [0.25, 0.3) is 0 Å². The fourth-order valence-electron chi connectivity index (χ4n) is 6.94. The highest BCUT2D eigenvalue weighted by Crippen LogP contribution is 2.61. The van der Waals surface area contributed by atoms with Crippen molar-refractivity contribution in [2.75, 3.05) is 13.2 Å². The molecule has 33 heavy (non-hydrogen) atoms. The van der Waals surface area contributed by atoms with Gasteiger partial charge in [-0.1, -0.05) is 51.1 Å². The number of carbonyl (C=O) groups excluding carboxylic acids is 2. The minimum Gasteiger partial charge on any atom is -0.453 e. The SMILES string of the molecule is CC(C)C1CC(NC(=O)CO)C2(C)OCC1(OC(=O)/C=C/c1ccccc1)C1C(C)CCC12. The molecule has 7 atom stereocenters. The Morgan fingerprint density at radius 2 is 2.00 bits per heavy atom. The molecule has 2 saturated heterocycles. The molecule has 4 fully saturated rings. The van der Waals surface area contributed by atoms with Gasteiger partial charge in [-0.2, -0.15) is 0 Å². The van der Waals surface area contributed by atoms with Gasteiger partial charge in [0.2, 0.25) is 5.91 Å². The van der Waals surface area contributed by atoms with Crippen LogP contribution in [0.25, 0.3) is 6.08 Å². The number of nitrogens with one attached hydrogen (secondary N) is 1. The molecular formula is C27H37NO5. The third kappa shape index (κ3) is 4.24. The lowest BCUT2D eigenvalue weighted by atomic mass is 9.64. The lowest BCUT2D eigenvalue weighted by Gasteiger charge is -2.54. The number of carbonyl (C=O) groups is 2. The zero-order valence-electron chi connectivity index (χ0n) is 20.1. The van der Waals surface area contributed by atoms with Crippen molar-refractivity contribution in [2.24, 2.45) is 29.6 Å². The second-order valence-electron chi connectivity index (χ2n) is 10.6. The number of aliphatic hydroxyl groups is 1. The molecule has 5 rings (SSSR count). The standard InChI is InChI=1S/C27H37NO5/c1-17(2)21-14-22(28-23(30)15-29)26(4)20-12-10-18(3)25(20)27(21,16-32-26)33-24(31)13-11-19-8-6-5-7-9-19/h5-9,11,13,17-18,20-22,25,29H,10,12,14-16H2,1-4H3,(H,28,30)/b13-11+. The van der Waals surface area contributed by atoms with E-state index in [0.717, 1.165) is 18.4 Å². The second-order valence-corrected chi connectivity index (χ2v) is 10.6. The van der Waals surface area contributed by atoms with Gasteiger partial charge in [-0.15, -0.1) is 0 Å². The number of aliphatic hydroxyl groups excluding tert-OH is 1. The molecule has 1 amide bonds. The average molecular weight is 456 g/mol. The van der Waals surface area contributed by atoms with Crippen LogP contribution < -0.4 is 5.32 Å². The van der Waals surface area contributed by atoms with Gasteiger partial charge in [-0.05, 0) is 55.6 Å². The van der Waals surface area contributed by atoms with Crippen LogP contribution >= 0.6 is 0 Å². The van der Waals surface area contributed by atoms with E-state index < -0.39 is 23.7 Å². The normalized spacial score (nSPS) is 37.7. The summed E-state index contributed by atoms with van der Waals surface area (Å²) >= 11 is 0. The molecule has 180 valence electrons. The molecule has 2 aliphatic carbocycles. The van der Waals surface area contributed by atoms with E-state index in [9.17, 15) is 14.7 Å². The first-order chi connectivity index (χ1) is 15.7. The van der Waals surface area contributed by atoms with Gasteiger partial charge in [0.15, 0.2) is 0 Å². The van der Waals surface area contributed by atoms with E-state index in [0.29, 0.717) is 18.9 Å². The van der Waals surface area contributed by atoms with Crippen LogP contribution in [0.5, 0.6) is 0 Å². The Morgan fingerprint density at radius 3 is 2.67 bits per heavy atom.